The van der Waals surface area contributed by atoms with Crippen molar-refractivity contribution in [2.45, 2.75) is 61.0 Å². The van der Waals surface area contributed by atoms with Gasteiger partial charge in [-0.2, -0.15) is 0 Å². The van der Waals surface area contributed by atoms with Crippen molar-refractivity contribution in [1.82, 2.24) is 5.32 Å². The summed E-state index contributed by atoms with van der Waals surface area (Å²) >= 11 is 0. The maximum absolute atomic E-state index is 5.67. The van der Waals surface area contributed by atoms with Crippen LogP contribution in [0.1, 0.15) is 54.9 Å². The van der Waals surface area contributed by atoms with Crippen LogP contribution in [-0.4, -0.2) is 25.8 Å². The highest BCUT2D eigenvalue weighted by atomic mass is 16.5. The quantitative estimate of drug-likeness (QED) is 0.701. The van der Waals surface area contributed by atoms with Gasteiger partial charge in [0.05, 0.1) is 6.10 Å². The SMILES string of the molecule is CC(C)CNCC(CCOC(C)C)C(C)(C)C. The fourth-order valence-electron chi connectivity index (χ4n) is 1.83. The second kappa shape index (κ2) is 8.10. The Morgan fingerprint density at radius 1 is 1.00 bits per heavy atom. The maximum atomic E-state index is 5.67. The van der Waals surface area contributed by atoms with Gasteiger partial charge in [-0.25, -0.2) is 0 Å². The molecule has 0 aromatic heterocycles. The van der Waals surface area contributed by atoms with E-state index in [1.807, 2.05) is 0 Å². The van der Waals surface area contributed by atoms with E-state index in [9.17, 15) is 0 Å². The molecule has 0 aromatic carbocycles. The summed E-state index contributed by atoms with van der Waals surface area (Å²) in [6.45, 7) is 18.8. The molecule has 0 bridgehead atoms. The number of hydrogen-bond donors (Lipinski definition) is 1. The first kappa shape index (κ1) is 16.9. The van der Waals surface area contributed by atoms with Crippen molar-refractivity contribution in [3.05, 3.63) is 0 Å². The molecule has 0 aliphatic carbocycles. The van der Waals surface area contributed by atoms with Gasteiger partial charge < -0.3 is 10.1 Å². The molecule has 0 amide bonds. The fraction of sp³-hybridized carbons (Fsp3) is 1.00. The van der Waals surface area contributed by atoms with E-state index < -0.39 is 0 Å². The molecule has 1 N–H and O–H groups in total. The first-order valence-corrected chi connectivity index (χ1v) is 7.05. The van der Waals surface area contributed by atoms with Crippen LogP contribution in [-0.2, 0) is 4.74 Å². The third kappa shape index (κ3) is 9.61. The zero-order chi connectivity index (χ0) is 13.5. The van der Waals surface area contributed by atoms with Gasteiger partial charge in [-0.15, -0.1) is 0 Å². The lowest BCUT2D eigenvalue weighted by Gasteiger charge is -2.31. The molecule has 0 saturated carbocycles. The van der Waals surface area contributed by atoms with Crippen molar-refractivity contribution in [3.63, 3.8) is 0 Å². The molecule has 0 heterocycles. The normalized spacial score (nSPS) is 14.6. The maximum Gasteiger partial charge on any atom is 0.0518 e. The van der Waals surface area contributed by atoms with Gasteiger partial charge in [0.1, 0.15) is 0 Å². The second-order valence-electron chi connectivity index (χ2n) is 6.82. The zero-order valence-corrected chi connectivity index (χ0v) is 13.0. The summed E-state index contributed by atoms with van der Waals surface area (Å²) in [6, 6.07) is 0. The van der Waals surface area contributed by atoms with Crippen LogP contribution < -0.4 is 5.32 Å². The highest BCUT2D eigenvalue weighted by Gasteiger charge is 2.24. The second-order valence-corrected chi connectivity index (χ2v) is 6.82. The summed E-state index contributed by atoms with van der Waals surface area (Å²) < 4.78 is 5.67. The molecule has 1 unspecified atom stereocenters. The Hall–Kier alpha value is -0.0800. The molecule has 0 aliphatic rings. The molecule has 104 valence electrons. The van der Waals surface area contributed by atoms with Crippen molar-refractivity contribution >= 4 is 0 Å². The first-order chi connectivity index (χ1) is 7.73. The Bertz CT molecular complexity index is 168. The first-order valence-electron chi connectivity index (χ1n) is 7.05. The van der Waals surface area contributed by atoms with E-state index in [2.05, 4.69) is 53.8 Å². The van der Waals surface area contributed by atoms with E-state index in [1.165, 1.54) is 0 Å². The van der Waals surface area contributed by atoms with Crippen molar-refractivity contribution in [2.75, 3.05) is 19.7 Å². The van der Waals surface area contributed by atoms with Gasteiger partial charge >= 0.3 is 0 Å². The Kier molecular flexibility index (Phi) is 8.06. The van der Waals surface area contributed by atoms with Gasteiger partial charge in [0.25, 0.3) is 0 Å². The van der Waals surface area contributed by atoms with Crippen LogP contribution in [0.2, 0.25) is 0 Å². The largest absolute Gasteiger partial charge is 0.379 e. The zero-order valence-electron chi connectivity index (χ0n) is 13.0. The van der Waals surface area contributed by atoms with Crippen LogP contribution in [0.4, 0.5) is 0 Å². The lowest BCUT2D eigenvalue weighted by Crippen LogP contribution is -2.34. The third-order valence-corrected chi connectivity index (χ3v) is 3.09. The molecule has 0 fully saturated rings. The van der Waals surface area contributed by atoms with Crippen molar-refractivity contribution < 1.29 is 4.74 Å². The van der Waals surface area contributed by atoms with Gasteiger partial charge in [-0.3, -0.25) is 0 Å². The van der Waals surface area contributed by atoms with E-state index in [0.29, 0.717) is 17.4 Å². The summed E-state index contributed by atoms with van der Waals surface area (Å²) in [5.74, 6) is 1.41. The average Bonchev–Trinajstić information content (AvgIpc) is 2.12. The minimum Gasteiger partial charge on any atom is -0.379 e. The molecule has 2 nitrogen and oxygen atoms in total. The summed E-state index contributed by atoms with van der Waals surface area (Å²) in [5, 5.41) is 3.57. The molecular formula is C15H33NO. The molecule has 0 aromatic rings. The molecule has 1 atom stereocenters. The molecule has 0 aliphatic heterocycles. The Labute approximate surface area is 109 Å². The Morgan fingerprint density at radius 3 is 2.00 bits per heavy atom. The van der Waals surface area contributed by atoms with E-state index in [0.717, 1.165) is 32.0 Å². The average molecular weight is 243 g/mol. The monoisotopic (exact) mass is 243 g/mol. The smallest absolute Gasteiger partial charge is 0.0518 e. The summed E-state index contributed by atoms with van der Waals surface area (Å²) in [7, 11) is 0. The van der Waals surface area contributed by atoms with Crippen molar-refractivity contribution in [1.29, 1.82) is 0 Å². The fourth-order valence-corrected chi connectivity index (χ4v) is 1.83. The van der Waals surface area contributed by atoms with Crippen molar-refractivity contribution in [2.24, 2.45) is 17.3 Å². The molecule has 0 spiro atoms. The van der Waals surface area contributed by atoms with Gasteiger partial charge in [0, 0.05) is 6.61 Å². The van der Waals surface area contributed by atoms with Crippen LogP contribution in [0.3, 0.4) is 0 Å². The van der Waals surface area contributed by atoms with Gasteiger partial charge in [0.15, 0.2) is 0 Å². The van der Waals surface area contributed by atoms with E-state index in [1.54, 1.807) is 0 Å². The molecular weight excluding hydrogens is 210 g/mol. The van der Waals surface area contributed by atoms with E-state index >= 15 is 0 Å². The van der Waals surface area contributed by atoms with Gasteiger partial charge in [-0.05, 0) is 50.6 Å². The van der Waals surface area contributed by atoms with E-state index in [-0.39, 0.29) is 0 Å². The summed E-state index contributed by atoms with van der Waals surface area (Å²) in [5.41, 5.74) is 0.352. The van der Waals surface area contributed by atoms with Crippen molar-refractivity contribution in [3.8, 4) is 0 Å². The van der Waals surface area contributed by atoms with Crippen LogP contribution in [0.25, 0.3) is 0 Å². The predicted molar refractivity (Wildman–Crippen MR) is 76.4 cm³/mol. The number of ether oxygens (including phenoxy) is 1. The van der Waals surface area contributed by atoms with Gasteiger partial charge in [0.2, 0.25) is 0 Å². The highest BCUT2D eigenvalue weighted by molar-refractivity contribution is 4.76. The van der Waals surface area contributed by atoms with Gasteiger partial charge in [-0.1, -0.05) is 34.6 Å². The Balaban J connectivity index is 3.98. The van der Waals surface area contributed by atoms with Crippen LogP contribution >= 0.6 is 0 Å². The van der Waals surface area contributed by atoms with E-state index in [4.69, 9.17) is 4.74 Å². The molecule has 17 heavy (non-hydrogen) atoms. The number of rotatable bonds is 8. The molecule has 0 saturated heterocycles. The Morgan fingerprint density at radius 2 is 1.59 bits per heavy atom. The highest BCUT2D eigenvalue weighted by Crippen LogP contribution is 2.28. The topological polar surface area (TPSA) is 21.3 Å². The van der Waals surface area contributed by atoms with Crippen LogP contribution in [0, 0.1) is 17.3 Å². The summed E-state index contributed by atoms with van der Waals surface area (Å²) in [6.07, 6.45) is 1.49. The minimum atomic E-state index is 0.347. The molecule has 2 heteroatoms. The molecule has 0 rings (SSSR count). The predicted octanol–water partition coefficient (Wildman–Crippen LogP) is 3.71. The van der Waals surface area contributed by atoms with Crippen LogP contribution in [0.15, 0.2) is 0 Å². The number of nitrogens with one attached hydrogen (secondary N) is 1. The number of hydrogen-bond acceptors (Lipinski definition) is 2. The standard InChI is InChI=1S/C15H33NO/c1-12(2)10-16-11-14(15(5,6)7)8-9-17-13(3)4/h12-14,16H,8-11H2,1-7H3. The summed E-state index contributed by atoms with van der Waals surface area (Å²) in [4.78, 5) is 0. The van der Waals surface area contributed by atoms with Crippen LogP contribution in [0.5, 0.6) is 0 Å². The molecule has 0 radical (unpaired) electrons. The lowest BCUT2D eigenvalue weighted by atomic mass is 9.79. The lowest BCUT2D eigenvalue weighted by molar-refractivity contribution is 0.0546. The minimum absolute atomic E-state index is 0.347. The third-order valence-electron chi connectivity index (χ3n) is 3.09.